The molecule has 3 aliphatic rings. The lowest BCUT2D eigenvalue weighted by molar-refractivity contribution is -0.144. The number of aliphatic hydroxyl groups excluding tert-OH is 3. The van der Waals surface area contributed by atoms with Crippen LogP contribution in [0, 0.1) is 17.2 Å². The minimum absolute atomic E-state index is 0.0760. The van der Waals surface area contributed by atoms with Crippen LogP contribution in [0.2, 0.25) is 0 Å². The van der Waals surface area contributed by atoms with Crippen molar-refractivity contribution < 1.29 is 35.4 Å². The Morgan fingerprint density at radius 2 is 1.71 bits per heavy atom. The molecular formula is C22H29N3O7S2. The molecule has 4 rings (SSSR count). The predicted molar refractivity (Wildman–Crippen MR) is 125 cm³/mol. The zero-order valence-corrected chi connectivity index (χ0v) is 20.3. The van der Waals surface area contributed by atoms with Crippen molar-refractivity contribution in [2.75, 3.05) is 38.4 Å². The third kappa shape index (κ3) is 3.83. The van der Waals surface area contributed by atoms with Crippen molar-refractivity contribution >= 4 is 29.5 Å². The number of aliphatic carboxylic acids is 1. The molecule has 0 saturated carbocycles. The second-order valence-corrected chi connectivity index (χ2v) is 11.0. The summed E-state index contributed by atoms with van der Waals surface area (Å²) in [5, 5.41) is 71.7. The lowest BCUT2D eigenvalue weighted by Gasteiger charge is -2.54. The van der Waals surface area contributed by atoms with E-state index in [0.717, 1.165) is 11.8 Å². The Kier molecular flexibility index (Phi) is 7.54. The van der Waals surface area contributed by atoms with Crippen molar-refractivity contribution in [1.29, 1.82) is 5.26 Å². The Hall–Kier alpha value is -1.72. The van der Waals surface area contributed by atoms with Gasteiger partial charge in [0.15, 0.2) is 0 Å². The van der Waals surface area contributed by atoms with Crippen LogP contribution in [0.15, 0.2) is 9.79 Å². The van der Waals surface area contributed by atoms with E-state index in [1.807, 2.05) is 16.8 Å². The molecule has 1 aromatic carbocycles. The Morgan fingerprint density at radius 3 is 2.24 bits per heavy atom. The summed E-state index contributed by atoms with van der Waals surface area (Å²) in [5.74, 6) is -1.28. The van der Waals surface area contributed by atoms with E-state index in [-0.39, 0.29) is 48.7 Å². The minimum Gasteiger partial charge on any atom is -0.506 e. The number of benzene rings is 1. The van der Waals surface area contributed by atoms with E-state index in [2.05, 4.69) is 6.07 Å². The number of piperazine rings is 1. The van der Waals surface area contributed by atoms with Crippen LogP contribution >= 0.6 is 23.5 Å². The number of thioether (sulfide) groups is 2. The number of carboxylic acid groups (broad SMARTS) is 1. The van der Waals surface area contributed by atoms with E-state index >= 15 is 0 Å². The fourth-order valence-electron chi connectivity index (χ4n) is 6.01. The molecule has 6 atom stereocenters. The molecule has 1 unspecified atom stereocenters. The number of likely N-dealkylation sites (N-methyl/N-ethyl adjacent to an activating group) is 1. The Labute approximate surface area is 205 Å². The minimum atomic E-state index is -0.939. The molecule has 0 aromatic heterocycles. The number of rotatable bonds is 8. The number of carboxylic acids is 1. The molecular weight excluding hydrogens is 482 g/mol. The first-order valence-electron chi connectivity index (χ1n) is 11.1. The summed E-state index contributed by atoms with van der Waals surface area (Å²) in [7, 11) is 1.82. The third-order valence-corrected chi connectivity index (χ3v) is 9.55. The molecule has 0 amide bonds. The van der Waals surface area contributed by atoms with E-state index in [9.17, 15) is 40.7 Å². The summed E-state index contributed by atoms with van der Waals surface area (Å²) in [5.41, 5.74) is 0.757. The SMILES string of the molecule is CN1[C@@H]2[C@H](C(=O)O)C[C@H]1C(C#N)N1[C@@H](CO)c3c(O)c(SCCO)c(SCCO)c(O)c3C[C@@H]21. The molecule has 186 valence electrons. The van der Waals surface area contributed by atoms with E-state index in [4.69, 9.17) is 0 Å². The summed E-state index contributed by atoms with van der Waals surface area (Å²) in [6.45, 7) is -0.713. The fourth-order valence-corrected chi connectivity index (χ4v) is 7.92. The molecule has 1 aromatic rings. The van der Waals surface area contributed by atoms with E-state index in [1.165, 1.54) is 11.8 Å². The van der Waals surface area contributed by atoms with Crippen LogP contribution in [0.1, 0.15) is 23.6 Å². The van der Waals surface area contributed by atoms with Gasteiger partial charge >= 0.3 is 5.97 Å². The molecule has 2 saturated heterocycles. The number of nitriles is 1. The van der Waals surface area contributed by atoms with Gasteiger partial charge < -0.3 is 30.6 Å². The summed E-state index contributed by atoms with van der Waals surface area (Å²) in [6.07, 6.45) is 0.510. The van der Waals surface area contributed by atoms with Gasteiger partial charge in [-0.15, -0.1) is 23.5 Å². The molecule has 12 heteroatoms. The number of phenols is 2. The maximum Gasteiger partial charge on any atom is 0.308 e. The van der Waals surface area contributed by atoms with Crippen molar-refractivity contribution in [3.8, 4) is 17.6 Å². The lowest BCUT2D eigenvalue weighted by Crippen LogP contribution is -2.67. The number of hydrogen-bond acceptors (Lipinski definition) is 11. The third-order valence-electron chi connectivity index (χ3n) is 7.27. The highest BCUT2D eigenvalue weighted by atomic mass is 32.2. The number of carbonyl (C=O) groups is 1. The monoisotopic (exact) mass is 511 g/mol. The Balaban J connectivity index is 1.90. The number of phenolic OH excluding ortho intramolecular Hbond substituents is 2. The molecule has 0 spiro atoms. The zero-order chi connectivity index (χ0) is 24.7. The molecule has 2 bridgehead atoms. The second kappa shape index (κ2) is 10.1. The van der Waals surface area contributed by atoms with Crippen LogP contribution in [0.25, 0.3) is 0 Å². The van der Waals surface area contributed by atoms with Crippen molar-refractivity contribution in [2.24, 2.45) is 5.92 Å². The quantitative estimate of drug-likeness (QED) is 0.207. The van der Waals surface area contributed by atoms with Crippen LogP contribution in [0.3, 0.4) is 0 Å². The smallest absolute Gasteiger partial charge is 0.308 e. The van der Waals surface area contributed by atoms with Crippen LogP contribution in [0.5, 0.6) is 11.5 Å². The van der Waals surface area contributed by atoms with Crippen LogP contribution in [-0.4, -0.2) is 109 Å². The number of fused-ring (bicyclic) bond motifs is 5. The van der Waals surface area contributed by atoms with Gasteiger partial charge in [-0.1, -0.05) is 0 Å². The molecule has 34 heavy (non-hydrogen) atoms. The fraction of sp³-hybridized carbons (Fsp3) is 0.636. The average molecular weight is 512 g/mol. The van der Waals surface area contributed by atoms with E-state index in [0.29, 0.717) is 27.3 Å². The normalized spacial score (nSPS) is 30.6. The highest BCUT2D eigenvalue weighted by Gasteiger charge is 2.60. The Morgan fingerprint density at radius 1 is 1.09 bits per heavy atom. The summed E-state index contributed by atoms with van der Waals surface area (Å²) in [6, 6.07) is -0.413. The summed E-state index contributed by atoms with van der Waals surface area (Å²) >= 11 is 2.34. The molecule has 0 aliphatic carbocycles. The number of aromatic hydroxyl groups is 2. The van der Waals surface area contributed by atoms with Gasteiger partial charge in [-0.2, -0.15) is 5.26 Å². The van der Waals surface area contributed by atoms with Crippen molar-refractivity contribution in [2.45, 2.75) is 52.8 Å². The van der Waals surface area contributed by atoms with Gasteiger partial charge in [-0.3, -0.25) is 14.6 Å². The molecule has 10 nitrogen and oxygen atoms in total. The molecule has 6 N–H and O–H groups in total. The van der Waals surface area contributed by atoms with Crippen LogP contribution in [-0.2, 0) is 11.2 Å². The predicted octanol–water partition coefficient (Wildman–Crippen LogP) is 0.206. The van der Waals surface area contributed by atoms with E-state index < -0.39 is 42.7 Å². The van der Waals surface area contributed by atoms with Gasteiger partial charge in [0, 0.05) is 40.8 Å². The van der Waals surface area contributed by atoms with Crippen molar-refractivity contribution in [3.63, 3.8) is 0 Å². The first-order valence-corrected chi connectivity index (χ1v) is 13.1. The maximum absolute atomic E-state index is 12.1. The summed E-state index contributed by atoms with van der Waals surface area (Å²) < 4.78 is 0. The van der Waals surface area contributed by atoms with Gasteiger partial charge in [0.2, 0.25) is 0 Å². The molecule has 2 fully saturated rings. The van der Waals surface area contributed by atoms with Gasteiger partial charge in [-0.25, -0.2) is 0 Å². The average Bonchev–Trinajstić information content (AvgIpc) is 3.07. The number of hydrogen-bond donors (Lipinski definition) is 6. The first-order chi connectivity index (χ1) is 16.3. The number of nitrogens with zero attached hydrogens (tertiary/aromatic N) is 3. The maximum atomic E-state index is 12.1. The first kappa shape index (κ1) is 25.4. The number of aliphatic hydroxyl groups is 3. The highest BCUT2D eigenvalue weighted by molar-refractivity contribution is 8.02. The highest BCUT2D eigenvalue weighted by Crippen LogP contribution is 2.56. The van der Waals surface area contributed by atoms with Gasteiger partial charge in [0.05, 0.1) is 47.6 Å². The van der Waals surface area contributed by atoms with E-state index in [1.54, 1.807) is 0 Å². The topological polar surface area (TPSA) is 169 Å². The molecule has 0 radical (unpaired) electrons. The largest absolute Gasteiger partial charge is 0.506 e. The van der Waals surface area contributed by atoms with Crippen LogP contribution in [0.4, 0.5) is 0 Å². The lowest BCUT2D eigenvalue weighted by atomic mass is 9.80. The molecule has 3 aliphatic heterocycles. The van der Waals surface area contributed by atoms with Gasteiger partial charge in [-0.05, 0) is 19.9 Å². The Bertz CT molecular complexity index is 1000. The van der Waals surface area contributed by atoms with Crippen LogP contribution < -0.4 is 0 Å². The van der Waals surface area contributed by atoms with Crippen molar-refractivity contribution in [3.05, 3.63) is 11.1 Å². The van der Waals surface area contributed by atoms with Gasteiger partial charge in [0.25, 0.3) is 0 Å². The van der Waals surface area contributed by atoms with Crippen molar-refractivity contribution in [1.82, 2.24) is 9.80 Å². The zero-order valence-electron chi connectivity index (χ0n) is 18.7. The standard InChI is InChI=1S/C22H29N3O7S2/c1-24-12-7-11(22(31)32)17(24)13-6-10-16(15(9-28)25(13)14(12)8-23)19(30)21(34-5-3-27)20(18(10)29)33-4-2-26/h11-15,17,26-30H,2-7,9H2,1H3,(H,31,32)/t11-,12+,13+,14?,15+,17-/m1/s1. The van der Waals surface area contributed by atoms with Gasteiger partial charge in [0.1, 0.15) is 17.5 Å². The summed E-state index contributed by atoms with van der Waals surface area (Å²) in [4.78, 5) is 16.6. The second-order valence-electron chi connectivity index (χ2n) is 8.79. The molecule has 3 heterocycles.